The smallest absolute Gasteiger partial charge is 0.145 e. The van der Waals surface area contributed by atoms with Gasteiger partial charge < -0.3 is 5.73 Å². The van der Waals surface area contributed by atoms with Crippen molar-refractivity contribution in [2.24, 2.45) is 5.73 Å². The number of rotatable bonds is 2. The third-order valence-corrected chi connectivity index (χ3v) is 1.77. The number of nitrogens with two attached hydrogens (primary N) is 1. The third-order valence-electron chi connectivity index (χ3n) is 1.77. The molecule has 0 aromatic carbocycles. The molecule has 3 heteroatoms. The van der Waals surface area contributed by atoms with E-state index < -0.39 is 0 Å². The summed E-state index contributed by atoms with van der Waals surface area (Å²) < 4.78 is 0. The summed E-state index contributed by atoms with van der Waals surface area (Å²) in [5, 5.41) is 0. The first-order valence-corrected chi connectivity index (χ1v) is 4.21. The summed E-state index contributed by atoms with van der Waals surface area (Å²) in [4.78, 5) is 8.54. The molecule has 1 unspecified atom stereocenters. The summed E-state index contributed by atoms with van der Waals surface area (Å²) in [6.45, 7) is 5.95. The second-order valence-electron chi connectivity index (χ2n) is 3.02. The van der Waals surface area contributed by atoms with Crippen molar-refractivity contribution < 1.29 is 0 Å². The summed E-state index contributed by atoms with van der Waals surface area (Å²) in [5.74, 6) is 0.759. The van der Waals surface area contributed by atoms with E-state index in [1.165, 1.54) is 0 Å². The van der Waals surface area contributed by atoms with Gasteiger partial charge in [0.05, 0.1) is 6.04 Å². The molecule has 1 aromatic heterocycles. The molecule has 1 rings (SSSR count). The highest BCUT2D eigenvalue weighted by Crippen LogP contribution is 2.09. The molecule has 3 nitrogen and oxygen atoms in total. The molecular formula is C9H15N3. The number of hydrogen-bond donors (Lipinski definition) is 1. The van der Waals surface area contributed by atoms with Gasteiger partial charge in [0.1, 0.15) is 5.82 Å². The van der Waals surface area contributed by atoms with Crippen LogP contribution in [0.25, 0.3) is 0 Å². The molecule has 0 saturated heterocycles. The van der Waals surface area contributed by atoms with Gasteiger partial charge in [0, 0.05) is 11.4 Å². The number of aryl methyl sites for hydroxylation is 2. The lowest BCUT2D eigenvalue weighted by molar-refractivity contribution is 0.642. The van der Waals surface area contributed by atoms with Crippen LogP contribution in [0.5, 0.6) is 0 Å². The normalized spacial score (nSPS) is 13.0. The van der Waals surface area contributed by atoms with E-state index in [1.54, 1.807) is 0 Å². The van der Waals surface area contributed by atoms with Gasteiger partial charge in [-0.25, -0.2) is 9.97 Å². The van der Waals surface area contributed by atoms with Gasteiger partial charge in [-0.15, -0.1) is 0 Å². The van der Waals surface area contributed by atoms with E-state index in [-0.39, 0.29) is 6.04 Å². The average Bonchev–Trinajstić information content (AvgIpc) is 2.01. The minimum atomic E-state index is -0.0244. The van der Waals surface area contributed by atoms with Gasteiger partial charge in [0.25, 0.3) is 0 Å². The van der Waals surface area contributed by atoms with Crippen molar-refractivity contribution in [3.05, 3.63) is 23.3 Å². The zero-order valence-corrected chi connectivity index (χ0v) is 7.83. The van der Waals surface area contributed by atoms with Gasteiger partial charge in [-0.05, 0) is 26.3 Å². The van der Waals surface area contributed by atoms with Crippen molar-refractivity contribution in [2.45, 2.75) is 33.2 Å². The molecule has 66 valence electrons. The average molecular weight is 165 g/mol. The molecule has 0 amide bonds. The summed E-state index contributed by atoms with van der Waals surface area (Å²) in [7, 11) is 0. The first kappa shape index (κ1) is 9.13. The topological polar surface area (TPSA) is 51.8 Å². The van der Waals surface area contributed by atoms with Crippen molar-refractivity contribution in [1.82, 2.24) is 9.97 Å². The first-order valence-electron chi connectivity index (χ1n) is 4.21. The van der Waals surface area contributed by atoms with Crippen molar-refractivity contribution in [1.29, 1.82) is 0 Å². The molecule has 1 heterocycles. The standard InChI is InChI=1S/C9H15N3/c1-4-8(10)9-11-6(2)5-7(3)12-9/h5,8H,4,10H2,1-3H3. The number of nitrogens with zero attached hydrogens (tertiary/aromatic N) is 2. The summed E-state index contributed by atoms with van der Waals surface area (Å²) in [6.07, 6.45) is 0.878. The maximum absolute atomic E-state index is 5.81. The molecule has 0 spiro atoms. The van der Waals surface area contributed by atoms with Crippen LogP contribution in [-0.4, -0.2) is 9.97 Å². The fourth-order valence-electron chi connectivity index (χ4n) is 1.10. The van der Waals surface area contributed by atoms with Crippen LogP contribution in [-0.2, 0) is 0 Å². The highest BCUT2D eigenvalue weighted by atomic mass is 14.9. The second-order valence-corrected chi connectivity index (χ2v) is 3.02. The van der Waals surface area contributed by atoms with Gasteiger partial charge in [-0.3, -0.25) is 0 Å². The first-order chi connectivity index (χ1) is 5.63. The van der Waals surface area contributed by atoms with E-state index >= 15 is 0 Å². The molecule has 0 fully saturated rings. The highest BCUT2D eigenvalue weighted by Gasteiger charge is 2.06. The Kier molecular flexibility index (Phi) is 2.76. The van der Waals surface area contributed by atoms with E-state index in [0.717, 1.165) is 23.6 Å². The van der Waals surface area contributed by atoms with E-state index in [2.05, 4.69) is 9.97 Å². The monoisotopic (exact) mass is 165 g/mol. The van der Waals surface area contributed by atoms with Crippen LogP contribution in [0.4, 0.5) is 0 Å². The van der Waals surface area contributed by atoms with E-state index in [0.29, 0.717) is 0 Å². The molecular weight excluding hydrogens is 150 g/mol. The lowest BCUT2D eigenvalue weighted by Crippen LogP contribution is -2.13. The van der Waals surface area contributed by atoms with Gasteiger partial charge in [-0.2, -0.15) is 0 Å². The zero-order valence-electron chi connectivity index (χ0n) is 7.83. The van der Waals surface area contributed by atoms with E-state index in [4.69, 9.17) is 5.73 Å². The van der Waals surface area contributed by atoms with Crippen LogP contribution in [0, 0.1) is 13.8 Å². The zero-order chi connectivity index (χ0) is 9.14. The Hall–Kier alpha value is -0.960. The second kappa shape index (κ2) is 3.63. The molecule has 2 N–H and O–H groups in total. The SMILES string of the molecule is CCC(N)c1nc(C)cc(C)n1. The predicted octanol–water partition coefficient (Wildman–Crippen LogP) is 1.50. The van der Waals surface area contributed by atoms with Crippen molar-refractivity contribution in [2.75, 3.05) is 0 Å². The Morgan fingerprint density at radius 2 is 1.83 bits per heavy atom. The van der Waals surface area contributed by atoms with Gasteiger partial charge in [0.15, 0.2) is 0 Å². The molecule has 0 bridgehead atoms. The molecule has 1 aromatic rings. The van der Waals surface area contributed by atoms with Crippen molar-refractivity contribution in [3.63, 3.8) is 0 Å². The van der Waals surface area contributed by atoms with Crippen LogP contribution in [0.2, 0.25) is 0 Å². The Bertz CT molecular complexity index is 250. The van der Waals surface area contributed by atoms with Crippen LogP contribution in [0.1, 0.15) is 36.6 Å². The number of hydrogen-bond acceptors (Lipinski definition) is 3. The fraction of sp³-hybridized carbons (Fsp3) is 0.556. The van der Waals surface area contributed by atoms with Gasteiger partial charge in [0.2, 0.25) is 0 Å². The lowest BCUT2D eigenvalue weighted by atomic mass is 10.2. The molecule has 0 aliphatic carbocycles. The number of aromatic nitrogens is 2. The Labute approximate surface area is 73.0 Å². The van der Waals surface area contributed by atoms with Crippen LogP contribution < -0.4 is 5.73 Å². The summed E-state index contributed by atoms with van der Waals surface area (Å²) >= 11 is 0. The fourth-order valence-corrected chi connectivity index (χ4v) is 1.10. The van der Waals surface area contributed by atoms with E-state index in [1.807, 2.05) is 26.8 Å². The van der Waals surface area contributed by atoms with Gasteiger partial charge in [-0.1, -0.05) is 6.92 Å². The lowest BCUT2D eigenvalue weighted by Gasteiger charge is -2.08. The molecule has 0 aliphatic rings. The summed E-state index contributed by atoms with van der Waals surface area (Å²) in [6, 6.07) is 1.93. The highest BCUT2D eigenvalue weighted by molar-refractivity contribution is 5.09. The van der Waals surface area contributed by atoms with Gasteiger partial charge >= 0.3 is 0 Å². The predicted molar refractivity (Wildman–Crippen MR) is 48.7 cm³/mol. The van der Waals surface area contributed by atoms with Crippen LogP contribution in [0.15, 0.2) is 6.07 Å². The van der Waals surface area contributed by atoms with E-state index in [9.17, 15) is 0 Å². The molecule has 0 radical (unpaired) electrons. The molecule has 12 heavy (non-hydrogen) atoms. The van der Waals surface area contributed by atoms with Crippen molar-refractivity contribution >= 4 is 0 Å². The maximum Gasteiger partial charge on any atom is 0.145 e. The maximum atomic E-state index is 5.81. The van der Waals surface area contributed by atoms with Crippen LogP contribution in [0.3, 0.4) is 0 Å². The molecule has 0 aliphatic heterocycles. The Morgan fingerprint density at radius 3 is 2.25 bits per heavy atom. The largest absolute Gasteiger partial charge is 0.321 e. The molecule has 0 saturated carbocycles. The minimum Gasteiger partial charge on any atom is -0.321 e. The van der Waals surface area contributed by atoms with Crippen molar-refractivity contribution in [3.8, 4) is 0 Å². The Morgan fingerprint density at radius 1 is 1.33 bits per heavy atom. The minimum absolute atomic E-state index is 0.0244. The Balaban J connectivity index is 3.00. The quantitative estimate of drug-likeness (QED) is 0.722. The van der Waals surface area contributed by atoms with Crippen LogP contribution >= 0.6 is 0 Å². The summed E-state index contributed by atoms with van der Waals surface area (Å²) in [5.41, 5.74) is 7.78. The third kappa shape index (κ3) is 2.01. The molecule has 1 atom stereocenters.